The van der Waals surface area contributed by atoms with Crippen LogP contribution in [0.15, 0.2) is 79.0 Å². The number of rotatable bonds is 4. The first-order chi connectivity index (χ1) is 17.4. The largest absolute Gasteiger partial charge is 0.255 e. The second-order valence-electron chi connectivity index (χ2n) is 9.46. The van der Waals surface area contributed by atoms with E-state index in [2.05, 4.69) is 63.0 Å². The average Bonchev–Trinajstić information content (AvgIpc) is 3.10. The van der Waals surface area contributed by atoms with Gasteiger partial charge in [-0.3, -0.25) is 4.98 Å². The minimum atomic E-state index is 0.412. The minimum Gasteiger partial charge on any atom is -0.255 e. The first-order valence-corrected chi connectivity index (χ1v) is 12.4. The number of hydrogen-bond acceptors (Lipinski definition) is 3. The van der Waals surface area contributed by atoms with E-state index in [1.54, 1.807) is 6.20 Å². The number of nitrogens with zero attached hydrogens (tertiary/aromatic N) is 3. The van der Waals surface area contributed by atoms with Crippen LogP contribution in [0, 0.1) is 25.2 Å². The zero-order valence-electron chi connectivity index (χ0n) is 20.8. The van der Waals surface area contributed by atoms with Crippen LogP contribution < -0.4 is 0 Å². The van der Waals surface area contributed by atoms with E-state index in [0.717, 1.165) is 39.2 Å². The molecule has 36 heavy (non-hydrogen) atoms. The smallest absolute Gasteiger partial charge is 0.102 e. The van der Waals surface area contributed by atoms with Crippen molar-refractivity contribution < 1.29 is 0 Å². The van der Waals surface area contributed by atoms with Crippen LogP contribution >= 0.6 is 11.6 Å². The quantitative estimate of drug-likeness (QED) is 0.254. The molecule has 0 unspecified atom stereocenters. The normalized spacial score (nSPS) is 11.1. The summed E-state index contributed by atoms with van der Waals surface area (Å²) in [5, 5.41) is 11.1. The van der Waals surface area contributed by atoms with Crippen molar-refractivity contribution in [3.8, 4) is 51.0 Å². The van der Waals surface area contributed by atoms with E-state index >= 15 is 0 Å². The number of hydrogen-bond donors (Lipinski definition) is 0. The van der Waals surface area contributed by atoms with E-state index in [1.807, 2.05) is 48.5 Å². The van der Waals surface area contributed by atoms with Gasteiger partial charge in [0.25, 0.3) is 0 Å². The van der Waals surface area contributed by atoms with Gasteiger partial charge < -0.3 is 0 Å². The van der Waals surface area contributed by atoms with Crippen LogP contribution in [0.4, 0.5) is 0 Å². The first kappa shape index (κ1) is 23.7. The van der Waals surface area contributed by atoms with E-state index in [9.17, 15) is 5.26 Å². The monoisotopic (exact) mass is 487 g/mol. The summed E-state index contributed by atoms with van der Waals surface area (Å²) in [5.74, 6) is 0.412. The van der Waals surface area contributed by atoms with Gasteiger partial charge in [0.1, 0.15) is 6.07 Å². The van der Waals surface area contributed by atoms with Crippen LogP contribution in [0.25, 0.3) is 44.9 Å². The number of halogens is 1. The lowest BCUT2D eigenvalue weighted by molar-refractivity contribution is 0.868. The van der Waals surface area contributed by atoms with Crippen molar-refractivity contribution in [2.45, 2.75) is 33.6 Å². The van der Waals surface area contributed by atoms with Gasteiger partial charge in [-0.2, -0.15) is 5.26 Å². The van der Waals surface area contributed by atoms with E-state index in [1.165, 1.54) is 16.7 Å². The van der Waals surface area contributed by atoms with Crippen LogP contribution in [0.3, 0.4) is 0 Å². The van der Waals surface area contributed by atoms with E-state index in [4.69, 9.17) is 16.6 Å². The lowest BCUT2D eigenvalue weighted by atomic mass is 9.93. The van der Waals surface area contributed by atoms with Crippen molar-refractivity contribution in [1.29, 1.82) is 5.26 Å². The number of benzene rings is 1. The maximum atomic E-state index is 10.4. The molecule has 3 aromatic rings. The maximum Gasteiger partial charge on any atom is 0.102 e. The maximum absolute atomic E-state index is 10.4. The number of aryl methyl sites for hydroxylation is 2. The van der Waals surface area contributed by atoms with Gasteiger partial charge in [0.15, 0.2) is 0 Å². The van der Waals surface area contributed by atoms with Crippen molar-refractivity contribution in [2.24, 2.45) is 0 Å². The van der Waals surface area contributed by atoms with Gasteiger partial charge in [0.2, 0.25) is 0 Å². The SMILES string of the molecule is Cc1cc(-c2nc(-c3ccccn3)cc(-c3ccc(Cl)cc3)c2C#N)c2c(C)ccc(C(C)C)cc1-2. The van der Waals surface area contributed by atoms with Crippen molar-refractivity contribution >= 4 is 11.6 Å². The summed E-state index contributed by atoms with van der Waals surface area (Å²) in [7, 11) is 0. The molecule has 0 radical (unpaired) electrons. The van der Waals surface area contributed by atoms with E-state index in [-0.39, 0.29) is 0 Å². The molecule has 0 N–H and O–H groups in total. The molecule has 0 saturated carbocycles. The molecule has 0 atom stereocenters. The predicted molar refractivity (Wildman–Crippen MR) is 148 cm³/mol. The Labute approximate surface area is 217 Å². The molecule has 0 amide bonds. The third kappa shape index (κ3) is 4.26. The molecule has 3 nitrogen and oxygen atoms in total. The highest BCUT2D eigenvalue weighted by molar-refractivity contribution is 6.30. The lowest BCUT2D eigenvalue weighted by Crippen LogP contribution is -1.98. The van der Waals surface area contributed by atoms with Crippen LogP contribution in [0.2, 0.25) is 5.02 Å². The molecule has 1 aromatic carbocycles. The summed E-state index contributed by atoms with van der Waals surface area (Å²) < 4.78 is 0. The van der Waals surface area contributed by atoms with Crippen LogP contribution in [-0.4, -0.2) is 9.97 Å². The summed E-state index contributed by atoms with van der Waals surface area (Å²) >= 11 is 6.17. The minimum absolute atomic E-state index is 0.412. The number of nitriles is 1. The molecule has 2 aromatic heterocycles. The second kappa shape index (κ2) is 9.57. The van der Waals surface area contributed by atoms with Gasteiger partial charge in [0, 0.05) is 22.3 Å². The highest BCUT2D eigenvalue weighted by atomic mass is 35.5. The van der Waals surface area contributed by atoms with Gasteiger partial charge in [-0.05, 0) is 89.5 Å². The highest BCUT2D eigenvalue weighted by Gasteiger charge is 2.24. The number of pyridine rings is 2. The standard InChI is InChI=1S/C32H26ClN3/c1-19(2)23-9-8-20(3)31-25(16-23)21(4)15-27(31)32-28(18-34)26(22-10-12-24(33)13-11-22)17-30(36-32)29-7-5-6-14-35-29/h5-17,19H,1-4H3. The Kier molecular flexibility index (Phi) is 6.31. The first-order valence-electron chi connectivity index (χ1n) is 12.0. The highest BCUT2D eigenvalue weighted by Crippen LogP contribution is 2.44. The van der Waals surface area contributed by atoms with Crippen LogP contribution in [0.5, 0.6) is 0 Å². The van der Waals surface area contributed by atoms with Crippen molar-refractivity contribution in [3.63, 3.8) is 0 Å². The van der Waals surface area contributed by atoms with Gasteiger partial charge >= 0.3 is 0 Å². The summed E-state index contributed by atoms with van der Waals surface area (Å²) in [6.07, 6.45) is 1.76. The summed E-state index contributed by atoms with van der Waals surface area (Å²) in [4.78, 5) is 9.61. The van der Waals surface area contributed by atoms with Crippen molar-refractivity contribution in [2.75, 3.05) is 0 Å². The molecule has 5 rings (SSSR count). The zero-order valence-corrected chi connectivity index (χ0v) is 21.6. The Morgan fingerprint density at radius 2 is 1.58 bits per heavy atom. The molecular weight excluding hydrogens is 462 g/mol. The molecule has 176 valence electrons. The molecule has 0 bridgehead atoms. The average molecular weight is 488 g/mol. The molecule has 0 aliphatic heterocycles. The third-order valence-corrected chi connectivity index (χ3v) is 6.94. The van der Waals surface area contributed by atoms with E-state index in [0.29, 0.717) is 22.2 Å². The summed E-state index contributed by atoms with van der Waals surface area (Å²) in [5.41, 5.74) is 11.3. The Bertz CT molecular complexity index is 1580. The van der Waals surface area contributed by atoms with E-state index < -0.39 is 0 Å². The van der Waals surface area contributed by atoms with Crippen molar-refractivity contribution in [3.05, 3.63) is 106 Å². The van der Waals surface area contributed by atoms with Gasteiger partial charge in [0.05, 0.1) is 22.6 Å². The molecule has 2 aliphatic rings. The molecule has 0 saturated heterocycles. The molecule has 2 heterocycles. The Morgan fingerprint density at radius 3 is 2.25 bits per heavy atom. The molecule has 4 heteroatoms. The molecule has 2 aliphatic carbocycles. The van der Waals surface area contributed by atoms with Crippen LogP contribution in [0.1, 0.15) is 42.0 Å². The van der Waals surface area contributed by atoms with Gasteiger partial charge in [-0.1, -0.05) is 61.8 Å². The lowest BCUT2D eigenvalue weighted by Gasteiger charge is -2.14. The van der Waals surface area contributed by atoms with Gasteiger partial charge in [-0.15, -0.1) is 0 Å². The molecule has 0 fully saturated rings. The zero-order chi connectivity index (χ0) is 25.4. The van der Waals surface area contributed by atoms with Gasteiger partial charge in [-0.25, -0.2) is 4.98 Å². The third-order valence-electron chi connectivity index (χ3n) is 6.69. The fourth-order valence-corrected chi connectivity index (χ4v) is 4.87. The molecular formula is C32H26ClN3. The topological polar surface area (TPSA) is 49.6 Å². The number of aromatic nitrogens is 2. The summed E-state index contributed by atoms with van der Waals surface area (Å²) in [6, 6.07) is 26.6. The second-order valence-corrected chi connectivity index (χ2v) is 9.89. The Balaban J connectivity index is 1.85. The molecule has 0 spiro atoms. The summed E-state index contributed by atoms with van der Waals surface area (Å²) in [6.45, 7) is 8.67. The Hall–Kier alpha value is -4.00. The fourth-order valence-electron chi connectivity index (χ4n) is 4.74. The predicted octanol–water partition coefficient (Wildman–Crippen LogP) is 8.85. The number of fused-ring (bicyclic) bond motifs is 1. The fraction of sp³-hybridized carbons (Fsp3) is 0.156. The Morgan fingerprint density at radius 1 is 0.806 bits per heavy atom. The van der Waals surface area contributed by atoms with Crippen LogP contribution in [-0.2, 0) is 0 Å². The van der Waals surface area contributed by atoms with Crippen molar-refractivity contribution in [1.82, 2.24) is 9.97 Å².